The molecule has 24 heavy (non-hydrogen) atoms. The first-order chi connectivity index (χ1) is 11.4. The van der Waals surface area contributed by atoms with Crippen molar-refractivity contribution in [3.63, 3.8) is 0 Å². The fourth-order valence-corrected chi connectivity index (χ4v) is 2.43. The highest BCUT2D eigenvalue weighted by atomic mass is 16.6. The van der Waals surface area contributed by atoms with Crippen molar-refractivity contribution in [3.8, 4) is 0 Å². The summed E-state index contributed by atoms with van der Waals surface area (Å²) in [4.78, 5) is 34.4. The Hall–Kier alpha value is -2.68. The average molecular weight is 338 g/mol. The molecule has 1 saturated heterocycles. The minimum Gasteiger partial charge on any atom is -0.464 e. The number of β-amino-alcohol motifs (C(OH)–C–C–N with tert-alkyl or cyclic N) is 1. The molecule has 0 radical (unpaired) electrons. The first-order valence-corrected chi connectivity index (χ1v) is 7.35. The number of carbonyl (C=O) groups excluding carboxylic acids is 2. The smallest absolute Gasteiger partial charge is 0.410 e. The van der Waals surface area contributed by atoms with Crippen LogP contribution in [0.1, 0.15) is 18.9 Å². The Morgan fingerprint density at radius 3 is 2.58 bits per heavy atom. The van der Waals surface area contributed by atoms with E-state index >= 15 is 0 Å². The van der Waals surface area contributed by atoms with Gasteiger partial charge in [0.1, 0.15) is 13.2 Å². The zero-order valence-corrected chi connectivity index (χ0v) is 13.1. The Kier molecular flexibility index (Phi) is 5.69. The lowest BCUT2D eigenvalue weighted by atomic mass is 10.2. The van der Waals surface area contributed by atoms with Crippen LogP contribution in [0.25, 0.3) is 0 Å². The number of nitrogens with zero attached hydrogens (tertiary/aromatic N) is 2. The van der Waals surface area contributed by atoms with Gasteiger partial charge in [0.2, 0.25) is 0 Å². The highest BCUT2D eigenvalue weighted by molar-refractivity contribution is 5.69. The number of amides is 1. The molecule has 2 atom stereocenters. The first-order valence-electron chi connectivity index (χ1n) is 7.35. The number of benzene rings is 1. The molecule has 1 aromatic rings. The summed E-state index contributed by atoms with van der Waals surface area (Å²) in [6.07, 6.45) is -1.03. The average Bonchev–Trinajstić information content (AvgIpc) is 2.92. The second-order valence-electron chi connectivity index (χ2n) is 5.48. The number of likely N-dealkylation sites (tertiary alicyclic amines) is 1. The Morgan fingerprint density at radius 2 is 2.00 bits per heavy atom. The Morgan fingerprint density at radius 1 is 1.33 bits per heavy atom. The van der Waals surface area contributed by atoms with Crippen molar-refractivity contribution in [1.29, 1.82) is 0 Å². The SMILES string of the molecule is CC(=O)OCC1CC(O)CN1C(=O)OCc1ccc([N+](=O)[O-])cc1. The summed E-state index contributed by atoms with van der Waals surface area (Å²) in [7, 11) is 0. The topological polar surface area (TPSA) is 119 Å². The van der Waals surface area contributed by atoms with E-state index in [1.807, 2.05) is 0 Å². The quantitative estimate of drug-likeness (QED) is 0.487. The number of nitro groups is 1. The van der Waals surface area contributed by atoms with Crippen molar-refractivity contribution >= 4 is 17.7 Å². The van der Waals surface area contributed by atoms with Crippen molar-refractivity contribution in [1.82, 2.24) is 4.90 Å². The highest BCUT2D eigenvalue weighted by Crippen LogP contribution is 2.20. The van der Waals surface area contributed by atoms with E-state index in [0.717, 1.165) is 0 Å². The Balaban J connectivity index is 1.90. The fourth-order valence-electron chi connectivity index (χ4n) is 2.43. The Labute approximate surface area is 137 Å². The van der Waals surface area contributed by atoms with E-state index in [1.54, 1.807) is 0 Å². The molecule has 0 aromatic heterocycles. The molecular formula is C15H18N2O7. The molecule has 1 amide bonds. The number of non-ortho nitro benzene ring substituents is 1. The van der Waals surface area contributed by atoms with E-state index in [4.69, 9.17) is 9.47 Å². The standard InChI is InChI=1S/C15H18N2O7/c1-10(18)23-9-13-6-14(19)7-16(13)15(20)24-8-11-2-4-12(5-3-11)17(21)22/h2-5,13-14,19H,6-9H2,1H3. The van der Waals surface area contributed by atoms with Gasteiger partial charge in [0, 0.05) is 19.1 Å². The molecule has 1 aromatic carbocycles. The van der Waals surface area contributed by atoms with Gasteiger partial charge in [-0.15, -0.1) is 0 Å². The molecule has 9 nitrogen and oxygen atoms in total. The number of hydrogen-bond acceptors (Lipinski definition) is 7. The predicted octanol–water partition coefficient (Wildman–Crippen LogP) is 1.23. The van der Waals surface area contributed by atoms with Crippen LogP contribution >= 0.6 is 0 Å². The number of hydrogen-bond donors (Lipinski definition) is 1. The van der Waals surface area contributed by atoms with Gasteiger partial charge >= 0.3 is 12.1 Å². The molecule has 1 aliphatic heterocycles. The molecule has 0 spiro atoms. The molecule has 1 heterocycles. The van der Waals surface area contributed by atoms with E-state index in [9.17, 15) is 24.8 Å². The van der Waals surface area contributed by atoms with Gasteiger partial charge in [-0.05, 0) is 24.1 Å². The van der Waals surface area contributed by atoms with Crippen LogP contribution < -0.4 is 0 Å². The number of nitro benzene ring substituents is 1. The summed E-state index contributed by atoms with van der Waals surface area (Å²) in [6.45, 7) is 1.32. The summed E-state index contributed by atoms with van der Waals surface area (Å²) in [6, 6.07) is 5.22. The third-order valence-corrected chi connectivity index (χ3v) is 3.62. The van der Waals surface area contributed by atoms with Gasteiger partial charge in [-0.3, -0.25) is 19.8 Å². The zero-order chi connectivity index (χ0) is 17.7. The minimum atomic E-state index is -0.697. The van der Waals surface area contributed by atoms with Crippen molar-refractivity contribution < 1.29 is 29.1 Å². The summed E-state index contributed by atoms with van der Waals surface area (Å²) in [5.41, 5.74) is 0.555. The van der Waals surface area contributed by atoms with Crippen LogP contribution in [0.2, 0.25) is 0 Å². The van der Waals surface area contributed by atoms with Gasteiger partial charge in [0.15, 0.2) is 0 Å². The van der Waals surface area contributed by atoms with E-state index in [-0.39, 0.29) is 25.4 Å². The molecule has 2 rings (SSSR count). The fraction of sp³-hybridized carbons (Fsp3) is 0.467. The van der Waals surface area contributed by atoms with Crippen molar-refractivity contribution in [2.75, 3.05) is 13.2 Å². The van der Waals surface area contributed by atoms with Gasteiger partial charge in [-0.1, -0.05) is 0 Å². The third kappa shape index (κ3) is 4.66. The van der Waals surface area contributed by atoms with Crippen molar-refractivity contribution in [3.05, 3.63) is 39.9 Å². The number of rotatable bonds is 5. The maximum atomic E-state index is 12.1. The summed E-state index contributed by atoms with van der Waals surface area (Å²) >= 11 is 0. The van der Waals surface area contributed by atoms with Gasteiger partial charge < -0.3 is 14.6 Å². The van der Waals surface area contributed by atoms with E-state index < -0.39 is 29.1 Å². The van der Waals surface area contributed by atoms with E-state index in [1.165, 1.54) is 36.1 Å². The molecule has 1 N–H and O–H groups in total. The largest absolute Gasteiger partial charge is 0.464 e. The molecule has 9 heteroatoms. The van der Waals surface area contributed by atoms with Gasteiger partial charge in [-0.2, -0.15) is 0 Å². The van der Waals surface area contributed by atoms with Gasteiger partial charge in [0.05, 0.1) is 23.6 Å². The summed E-state index contributed by atoms with van der Waals surface area (Å²) in [5, 5.41) is 20.3. The van der Waals surface area contributed by atoms with Crippen LogP contribution in [0.15, 0.2) is 24.3 Å². The van der Waals surface area contributed by atoms with Crippen molar-refractivity contribution in [2.24, 2.45) is 0 Å². The van der Waals surface area contributed by atoms with Crippen molar-refractivity contribution in [2.45, 2.75) is 32.1 Å². The number of carbonyl (C=O) groups is 2. The van der Waals surface area contributed by atoms with Crippen LogP contribution in [0.4, 0.5) is 10.5 Å². The lowest BCUT2D eigenvalue weighted by Gasteiger charge is -2.23. The molecule has 2 unspecified atom stereocenters. The molecule has 0 aliphatic carbocycles. The second-order valence-corrected chi connectivity index (χ2v) is 5.48. The Bertz CT molecular complexity index is 617. The first kappa shape index (κ1) is 17.7. The minimum absolute atomic E-state index is 0.000967. The summed E-state index contributed by atoms with van der Waals surface area (Å²) in [5.74, 6) is -0.462. The van der Waals surface area contributed by atoms with Crippen LogP contribution in [0.3, 0.4) is 0 Å². The zero-order valence-electron chi connectivity index (χ0n) is 13.1. The monoisotopic (exact) mass is 338 g/mol. The van der Waals surface area contributed by atoms with Gasteiger partial charge in [0.25, 0.3) is 5.69 Å². The molecule has 1 fully saturated rings. The van der Waals surface area contributed by atoms with Crippen LogP contribution in [0, 0.1) is 10.1 Å². The lowest BCUT2D eigenvalue weighted by Crippen LogP contribution is -2.39. The molecule has 130 valence electrons. The highest BCUT2D eigenvalue weighted by Gasteiger charge is 2.36. The molecule has 0 saturated carbocycles. The predicted molar refractivity (Wildman–Crippen MR) is 81.0 cm³/mol. The number of esters is 1. The number of ether oxygens (including phenoxy) is 2. The van der Waals surface area contributed by atoms with Crippen LogP contribution in [0.5, 0.6) is 0 Å². The van der Waals surface area contributed by atoms with Crippen LogP contribution in [-0.4, -0.2) is 52.3 Å². The molecule has 0 bridgehead atoms. The normalized spacial score (nSPS) is 19.8. The maximum absolute atomic E-state index is 12.1. The number of aliphatic hydroxyl groups excluding tert-OH is 1. The van der Waals surface area contributed by atoms with E-state index in [0.29, 0.717) is 12.0 Å². The number of aliphatic hydroxyl groups is 1. The molecule has 1 aliphatic rings. The van der Waals surface area contributed by atoms with Crippen LogP contribution in [-0.2, 0) is 20.9 Å². The third-order valence-electron chi connectivity index (χ3n) is 3.62. The molecular weight excluding hydrogens is 320 g/mol. The maximum Gasteiger partial charge on any atom is 0.410 e. The second kappa shape index (κ2) is 7.73. The van der Waals surface area contributed by atoms with E-state index in [2.05, 4.69) is 0 Å². The van der Waals surface area contributed by atoms with Gasteiger partial charge in [-0.25, -0.2) is 4.79 Å². The summed E-state index contributed by atoms with van der Waals surface area (Å²) < 4.78 is 10.1. The lowest BCUT2D eigenvalue weighted by molar-refractivity contribution is -0.384.